The summed E-state index contributed by atoms with van der Waals surface area (Å²) in [5.74, 6) is 1.76. The van der Waals surface area contributed by atoms with E-state index in [0.717, 1.165) is 47.9 Å². The van der Waals surface area contributed by atoms with Gasteiger partial charge in [0.2, 0.25) is 0 Å². The maximum absolute atomic E-state index is 5.93. The van der Waals surface area contributed by atoms with E-state index in [1.807, 2.05) is 0 Å². The summed E-state index contributed by atoms with van der Waals surface area (Å²) in [4.78, 5) is 0. The van der Waals surface area contributed by atoms with Crippen molar-refractivity contribution in [3.8, 4) is 22.6 Å². The molecule has 0 saturated carbocycles. The number of methoxy groups -OCH3 is 2. The molecule has 0 N–H and O–H groups in total. The lowest BCUT2D eigenvalue weighted by molar-refractivity contribution is 0.408. The van der Waals surface area contributed by atoms with Crippen LogP contribution in [0.25, 0.3) is 32.7 Å². The summed E-state index contributed by atoms with van der Waals surface area (Å²) in [6.07, 6.45) is 0. The lowest BCUT2D eigenvalue weighted by atomic mass is 9.90. The van der Waals surface area contributed by atoms with Crippen molar-refractivity contribution in [2.45, 2.75) is 5.33 Å². The third-order valence-corrected chi connectivity index (χ3v) is 6.24. The molecule has 0 atom stereocenters. The second-order valence-corrected chi connectivity index (χ2v) is 8.01. The summed E-state index contributed by atoms with van der Waals surface area (Å²) in [6.45, 7) is 0. The van der Waals surface area contributed by atoms with E-state index >= 15 is 0 Å². The Morgan fingerprint density at radius 1 is 0.778 bits per heavy atom. The number of ether oxygens (including phenoxy) is 2. The van der Waals surface area contributed by atoms with Gasteiger partial charge in [-0.25, -0.2) is 0 Å². The maximum Gasteiger partial charge on any atom is 0.140 e. The van der Waals surface area contributed by atoms with Crippen LogP contribution >= 0.6 is 38.5 Å². The van der Waals surface area contributed by atoms with Crippen LogP contribution in [0, 0.1) is 3.57 Å². The first-order valence-electron chi connectivity index (χ1n) is 8.59. The first-order valence-corrected chi connectivity index (χ1v) is 10.8. The van der Waals surface area contributed by atoms with Crippen molar-refractivity contribution >= 4 is 60.1 Å². The number of alkyl halides is 1. The first-order chi connectivity index (χ1) is 13.2. The fourth-order valence-electron chi connectivity index (χ4n) is 3.71. The average molecular weight is 533 g/mol. The Balaban J connectivity index is 2.27. The highest BCUT2D eigenvalue weighted by Gasteiger charge is 2.22. The van der Waals surface area contributed by atoms with Crippen LogP contribution in [0.1, 0.15) is 5.56 Å². The number of benzene rings is 4. The Morgan fingerprint density at radius 3 is 1.85 bits per heavy atom. The Kier molecular flexibility index (Phi) is 5.28. The highest BCUT2D eigenvalue weighted by Crippen LogP contribution is 2.48. The minimum Gasteiger partial charge on any atom is -0.496 e. The fraction of sp³-hybridized carbons (Fsp3) is 0.130. The van der Waals surface area contributed by atoms with Gasteiger partial charge >= 0.3 is 0 Å². The van der Waals surface area contributed by atoms with Gasteiger partial charge in [-0.3, -0.25) is 0 Å². The van der Waals surface area contributed by atoms with Gasteiger partial charge in [0.15, 0.2) is 0 Å². The van der Waals surface area contributed by atoms with Crippen LogP contribution in [0.15, 0.2) is 60.7 Å². The number of rotatable bonds is 4. The molecule has 4 heteroatoms. The van der Waals surface area contributed by atoms with Gasteiger partial charge in [-0.05, 0) is 56.3 Å². The molecule has 4 aromatic rings. The normalized spacial score (nSPS) is 11.1. The van der Waals surface area contributed by atoms with Crippen LogP contribution in [0.3, 0.4) is 0 Å². The van der Waals surface area contributed by atoms with E-state index in [0.29, 0.717) is 0 Å². The SMILES string of the molecule is COc1c(I)cc2ccccc2c1-c1c(OC)c(CBr)cc2ccccc12. The third-order valence-electron chi connectivity index (χ3n) is 4.84. The molecule has 0 heterocycles. The lowest BCUT2D eigenvalue weighted by Gasteiger charge is -2.20. The van der Waals surface area contributed by atoms with Crippen molar-refractivity contribution in [3.05, 3.63) is 69.8 Å². The van der Waals surface area contributed by atoms with Gasteiger partial charge in [-0.2, -0.15) is 0 Å². The Hall–Kier alpha value is -1.79. The minimum absolute atomic E-state index is 0.720. The van der Waals surface area contributed by atoms with Crippen LogP contribution in [0.2, 0.25) is 0 Å². The van der Waals surface area contributed by atoms with E-state index in [4.69, 9.17) is 9.47 Å². The van der Waals surface area contributed by atoms with E-state index in [1.54, 1.807) is 14.2 Å². The molecule has 0 spiro atoms. The molecule has 0 aliphatic carbocycles. The molecule has 0 unspecified atom stereocenters. The molecule has 27 heavy (non-hydrogen) atoms. The zero-order valence-corrected chi connectivity index (χ0v) is 18.8. The average Bonchev–Trinajstić information content (AvgIpc) is 2.71. The molecule has 2 nitrogen and oxygen atoms in total. The van der Waals surface area contributed by atoms with Crippen LogP contribution in [-0.2, 0) is 5.33 Å². The van der Waals surface area contributed by atoms with Gasteiger partial charge in [0, 0.05) is 22.0 Å². The molecule has 4 aromatic carbocycles. The summed E-state index contributed by atoms with van der Waals surface area (Å²) in [5, 5.41) is 5.41. The molecular weight excluding hydrogens is 515 g/mol. The molecule has 0 amide bonds. The van der Waals surface area contributed by atoms with E-state index in [1.165, 1.54) is 10.8 Å². The second-order valence-electron chi connectivity index (χ2n) is 6.29. The number of hydrogen-bond acceptors (Lipinski definition) is 2. The van der Waals surface area contributed by atoms with Crippen molar-refractivity contribution in [2.75, 3.05) is 14.2 Å². The van der Waals surface area contributed by atoms with Gasteiger partial charge in [0.05, 0.1) is 17.8 Å². The standard InChI is InChI=1S/C23H18BrIO2/c1-26-22-16(13-24)11-14-7-3-5-9-17(14)20(22)21-18-10-6-4-8-15(18)12-19(25)23(21)27-2/h3-12H,13H2,1-2H3. The van der Waals surface area contributed by atoms with Crippen LogP contribution in [0.4, 0.5) is 0 Å². The summed E-state index contributed by atoms with van der Waals surface area (Å²) in [7, 11) is 3.47. The zero-order valence-electron chi connectivity index (χ0n) is 15.1. The van der Waals surface area contributed by atoms with Crippen molar-refractivity contribution in [2.24, 2.45) is 0 Å². The molecule has 0 aliphatic rings. The second kappa shape index (κ2) is 7.68. The van der Waals surface area contributed by atoms with Gasteiger partial charge in [0.25, 0.3) is 0 Å². The molecule has 136 valence electrons. The van der Waals surface area contributed by atoms with Gasteiger partial charge in [-0.1, -0.05) is 64.5 Å². The first kappa shape index (κ1) is 18.6. The smallest absolute Gasteiger partial charge is 0.140 e. The highest BCUT2D eigenvalue weighted by atomic mass is 127. The summed E-state index contributed by atoms with van der Waals surface area (Å²) in [5.41, 5.74) is 3.28. The Labute approximate surface area is 180 Å². The molecular formula is C23H18BrIO2. The molecule has 4 rings (SSSR count). The molecule has 0 bridgehead atoms. The maximum atomic E-state index is 5.93. The van der Waals surface area contributed by atoms with Crippen LogP contribution in [0.5, 0.6) is 11.5 Å². The molecule has 0 aromatic heterocycles. The summed E-state index contributed by atoms with van der Waals surface area (Å²) < 4.78 is 12.9. The van der Waals surface area contributed by atoms with E-state index in [2.05, 4.69) is 99.2 Å². The molecule has 0 fully saturated rings. The van der Waals surface area contributed by atoms with Crippen molar-refractivity contribution in [3.63, 3.8) is 0 Å². The lowest BCUT2D eigenvalue weighted by Crippen LogP contribution is -1.99. The van der Waals surface area contributed by atoms with Crippen LogP contribution in [-0.4, -0.2) is 14.2 Å². The minimum atomic E-state index is 0.720. The number of fused-ring (bicyclic) bond motifs is 2. The van der Waals surface area contributed by atoms with E-state index in [-0.39, 0.29) is 0 Å². The highest BCUT2D eigenvalue weighted by molar-refractivity contribution is 14.1. The predicted octanol–water partition coefficient (Wildman–Crippen LogP) is 7.18. The largest absolute Gasteiger partial charge is 0.496 e. The van der Waals surface area contributed by atoms with Crippen LogP contribution < -0.4 is 9.47 Å². The molecule has 0 aliphatic heterocycles. The third kappa shape index (κ3) is 3.09. The Bertz CT molecular complexity index is 1150. The summed E-state index contributed by atoms with van der Waals surface area (Å²) in [6, 6.07) is 21.2. The zero-order chi connectivity index (χ0) is 19.0. The van der Waals surface area contributed by atoms with Gasteiger partial charge < -0.3 is 9.47 Å². The molecule has 0 radical (unpaired) electrons. The van der Waals surface area contributed by atoms with Crippen molar-refractivity contribution in [1.29, 1.82) is 0 Å². The quantitative estimate of drug-likeness (QED) is 0.205. The van der Waals surface area contributed by atoms with E-state index < -0.39 is 0 Å². The fourth-order valence-corrected chi connectivity index (χ4v) is 4.95. The van der Waals surface area contributed by atoms with E-state index in [9.17, 15) is 0 Å². The van der Waals surface area contributed by atoms with Gasteiger partial charge in [0.1, 0.15) is 11.5 Å². The van der Waals surface area contributed by atoms with Gasteiger partial charge in [-0.15, -0.1) is 0 Å². The predicted molar refractivity (Wildman–Crippen MR) is 125 cm³/mol. The Morgan fingerprint density at radius 2 is 1.30 bits per heavy atom. The summed E-state index contributed by atoms with van der Waals surface area (Å²) >= 11 is 5.98. The number of hydrogen-bond donors (Lipinski definition) is 0. The monoisotopic (exact) mass is 532 g/mol. The topological polar surface area (TPSA) is 18.5 Å². The van der Waals surface area contributed by atoms with Crippen molar-refractivity contribution < 1.29 is 9.47 Å². The number of halogens is 2. The van der Waals surface area contributed by atoms with Crippen molar-refractivity contribution in [1.82, 2.24) is 0 Å². The molecule has 0 saturated heterocycles.